The van der Waals surface area contributed by atoms with Crippen molar-refractivity contribution in [2.75, 3.05) is 0 Å². The van der Waals surface area contributed by atoms with Crippen LogP contribution >= 0.6 is 11.3 Å². The van der Waals surface area contributed by atoms with Crippen LogP contribution in [0.4, 0.5) is 4.39 Å². The molecule has 1 aromatic carbocycles. The predicted molar refractivity (Wildman–Crippen MR) is 87.6 cm³/mol. The SMILES string of the molecule is Cc1c(C(=O)OCc2noc(-c3ccsc3)n2)oc2ccc(F)cc12. The Labute approximate surface area is 144 Å². The number of aryl methyl sites for hydroxylation is 1. The Morgan fingerprint density at radius 2 is 2.24 bits per heavy atom. The first-order chi connectivity index (χ1) is 12.1. The third-order valence-electron chi connectivity index (χ3n) is 3.65. The third-order valence-corrected chi connectivity index (χ3v) is 4.34. The molecule has 0 aliphatic carbocycles. The molecule has 6 nitrogen and oxygen atoms in total. The van der Waals surface area contributed by atoms with Gasteiger partial charge < -0.3 is 13.7 Å². The first-order valence-electron chi connectivity index (χ1n) is 7.33. The van der Waals surface area contributed by atoms with Crippen LogP contribution in [0, 0.1) is 12.7 Å². The summed E-state index contributed by atoms with van der Waals surface area (Å²) in [6, 6.07) is 5.91. The van der Waals surface area contributed by atoms with Gasteiger partial charge in [0.15, 0.2) is 6.61 Å². The molecule has 0 aliphatic rings. The minimum Gasteiger partial charge on any atom is -0.451 e. The quantitative estimate of drug-likeness (QED) is 0.505. The van der Waals surface area contributed by atoms with Gasteiger partial charge in [0.2, 0.25) is 11.6 Å². The Bertz CT molecular complexity index is 1050. The Kier molecular flexibility index (Phi) is 3.81. The smallest absolute Gasteiger partial charge is 0.375 e. The highest BCUT2D eigenvalue weighted by Crippen LogP contribution is 2.27. The average molecular weight is 358 g/mol. The number of hydrogen-bond acceptors (Lipinski definition) is 7. The molecule has 0 N–H and O–H groups in total. The summed E-state index contributed by atoms with van der Waals surface area (Å²) in [7, 11) is 0. The molecule has 126 valence electrons. The van der Waals surface area contributed by atoms with Crippen LogP contribution in [0.15, 0.2) is 44.0 Å². The number of carbonyl (C=O) groups is 1. The monoisotopic (exact) mass is 358 g/mol. The summed E-state index contributed by atoms with van der Waals surface area (Å²) in [5, 5.41) is 8.08. The maximum atomic E-state index is 13.3. The van der Waals surface area contributed by atoms with Crippen molar-refractivity contribution in [3.63, 3.8) is 0 Å². The lowest BCUT2D eigenvalue weighted by molar-refractivity contribution is 0.0424. The number of hydrogen-bond donors (Lipinski definition) is 0. The van der Waals surface area contributed by atoms with E-state index in [4.69, 9.17) is 13.7 Å². The van der Waals surface area contributed by atoms with Crippen LogP contribution in [0.3, 0.4) is 0 Å². The lowest BCUT2D eigenvalue weighted by Crippen LogP contribution is -2.06. The van der Waals surface area contributed by atoms with E-state index in [2.05, 4.69) is 10.1 Å². The predicted octanol–water partition coefficient (Wildman–Crippen LogP) is 4.35. The highest BCUT2D eigenvalue weighted by atomic mass is 32.1. The van der Waals surface area contributed by atoms with Crippen molar-refractivity contribution in [1.82, 2.24) is 10.1 Å². The van der Waals surface area contributed by atoms with E-state index >= 15 is 0 Å². The lowest BCUT2D eigenvalue weighted by atomic mass is 10.1. The van der Waals surface area contributed by atoms with Gasteiger partial charge in [0.25, 0.3) is 5.89 Å². The molecule has 3 heterocycles. The fourth-order valence-electron chi connectivity index (χ4n) is 2.40. The van der Waals surface area contributed by atoms with Crippen LogP contribution in [-0.2, 0) is 11.3 Å². The van der Waals surface area contributed by atoms with Crippen LogP contribution in [0.1, 0.15) is 21.9 Å². The Hall–Kier alpha value is -3.00. The van der Waals surface area contributed by atoms with E-state index in [1.807, 2.05) is 16.8 Å². The van der Waals surface area contributed by atoms with Crippen molar-refractivity contribution in [1.29, 1.82) is 0 Å². The average Bonchev–Trinajstić information content (AvgIpc) is 3.33. The molecule has 8 heteroatoms. The largest absolute Gasteiger partial charge is 0.451 e. The molecule has 0 fully saturated rings. The van der Waals surface area contributed by atoms with Crippen LogP contribution < -0.4 is 0 Å². The van der Waals surface area contributed by atoms with Crippen molar-refractivity contribution in [3.05, 3.63) is 58.0 Å². The van der Waals surface area contributed by atoms with E-state index in [-0.39, 0.29) is 18.2 Å². The molecule has 0 amide bonds. The molecule has 0 unspecified atom stereocenters. The Morgan fingerprint density at radius 1 is 1.36 bits per heavy atom. The van der Waals surface area contributed by atoms with Gasteiger partial charge in [-0.15, -0.1) is 0 Å². The van der Waals surface area contributed by atoms with Gasteiger partial charge in [-0.25, -0.2) is 9.18 Å². The second-order valence-electron chi connectivity index (χ2n) is 5.30. The molecule has 0 atom stereocenters. The van der Waals surface area contributed by atoms with E-state index in [0.29, 0.717) is 22.4 Å². The second kappa shape index (κ2) is 6.14. The summed E-state index contributed by atoms with van der Waals surface area (Å²) in [5.74, 6) is -0.431. The number of carbonyl (C=O) groups excluding carboxylic acids is 1. The standard InChI is InChI=1S/C17H11FN2O4S/c1-9-12-6-11(18)2-3-13(12)23-15(9)17(21)22-7-14-19-16(24-20-14)10-4-5-25-8-10/h2-6,8H,7H2,1H3. The first kappa shape index (κ1) is 15.5. The summed E-state index contributed by atoms with van der Waals surface area (Å²) in [4.78, 5) is 16.4. The minimum absolute atomic E-state index is 0.0298. The van der Waals surface area contributed by atoms with Crippen molar-refractivity contribution in [3.8, 4) is 11.5 Å². The Morgan fingerprint density at radius 3 is 3.04 bits per heavy atom. The van der Waals surface area contributed by atoms with E-state index in [1.54, 1.807) is 6.92 Å². The number of esters is 1. The highest BCUT2D eigenvalue weighted by Gasteiger charge is 2.20. The fraction of sp³-hybridized carbons (Fsp3) is 0.118. The molecule has 25 heavy (non-hydrogen) atoms. The van der Waals surface area contributed by atoms with Gasteiger partial charge in [-0.05, 0) is 36.6 Å². The van der Waals surface area contributed by atoms with Gasteiger partial charge in [-0.2, -0.15) is 16.3 Å². The number of rotatable bonds is 4. The van der Waals surface area contributed by atoms with E-state index in [0.717, 1.165) is 5.56 Å². The van der Waals surface area contributed by atoms with Crippen molar-refractivity contribution >= 4 is 28.3 Å². The first-order valence-corrected chi connectivity index (χ1v) is 8.27. The van der Waals surface area contributed by atoms with Gasteiger partial charge >= 0.3 is 5.97 Å². The molecule has 0 saturated heterocycles. The van der Waals surface area contributed by atoms with Gasteiger partial charge in [-0.1, -0.05) is 5.16 Å². The summed E-state index contributed by atoms with van der Waals surface area (Å²) in [6.07, 6.45) is 0. The molecule has 3 aromatic heterocycles. The number of nitrogens with zero attached hydrogens (tertiary/aromatic N) is 2. The number of furan rings is 1. The number of ether oxygens (including phenoxy) is 1. The molecule has 0 saturated carbocycles. The third kappa shape index (κ3) is 2.91. The minimum atomic E-state index is -0.670. The zero-order valence-electron chi connectivity index (χ0n) is 13.0. The van der Waals surface area contributed by atoms with Crippen LogP contribution in [-0.4, -0.2) is 16.1 Å². The van der Waals surface area contributed by atoms with Gasteiger partial charge in [0.1, 0.15) is 11.4 Å². The number of halogens is 1. The van der Waals surface area contributed by atoms with Crippen LogP contribution in [0.2, 0.25) is 0 Å². The second-order valence-corrected chi connectivity index (χ2v) is 6.08. The molecule has 4 aromatic rings. The van der Waals surface area contributed by atoms with Crippen molar-refractivity contribution in [2.24, 2.45) is 0 Å². The summed E-state index contributed by atoms with van der Waals surface area (Å²) in [5.41, 5.74) is 1.75. The maximum absolute atomic E-state index is 13.3. The fourth-order valence-corrected chi connectivity index (χ4v) is 3.03. The maximum Gasteiger partial charge on any atom is 0.375 e. The molecule has 0 aliphatic heterocycles. The molecule has 0 radical (unpaired) electrons. The molecular weight excluding hydrogens is 347 g/mol. The van der Waals surface area contributed by atoms with E-state index < -0.39 is 11.8 Å². The van der Waals surface area contributed by atoms with Crippen LogP contribution in [0.25, 0.3) is 22.4 Å². The topological polar surface area (TPSA) is 78.4 Å². The molecule has 4 rings (SSSR count). The normalized spacial score (nSPS) is 11.1. The summed E-state index contributed by atoms with van der Waals surface area (Å²) in [6.45, 7) is 1.52. The van der Waals surface area contributed by atoms with Crippen LogP contribution in [0.5, 0.6) is 0 Å². The van der Waals surface area contributed by atoms with Crippen molar-refractivity contribution in [2.45, 2.75) is 13.5 Å². The summed E-state index contributed by atoms with van der Waals surface area (Å²) < 4.78 is 29.1. The highest BCUT2D eigenvalue weighted by molar-refractivity contribution is 7.08. The van der Waals surface area contributed by atoms with Gasteiger partial charge in [0, 0.05) is 16.3 Å². The molecule has 0 spiro atoms. The van der Waals surface area contributed by atoms with Gasteiger partial charge in [-0.3, -0.25) is 0 Å². The lowest BCUT2D eigenvalue weighted by Gasteiger charge is -1.99. The van der Waals surface area contributed by atoms with Crippen molar-refractivity contribution < 1.29 is 22.9 Å². The zero-order valence-corrected chi connectivity index (χ0v) is 13.8. The van der Waals surface area contributed by atoms with E-state index in [9.17, 15) is 9.18 Å². The number of aromatic nitrogens is 2. The summed E-state index contributed by atoms with van der Waals surface area (Å²) >= 11 is 1.51. The number of fused-ring (bicyclic) bond motifs is 1. The molecular formula is C17H11FN2O4S. The van der Waals surface area contributed by atoms with Gasteiger partial charge in [0.05, 0.1) is 5.56 Å². The zero-order chi connectivity index (χ0) is 17.4. The Balaban J connectivity index is 1.50. The van der Waals surface area contributed by atoms with E-state index in [1.165, 1.54) is 29.5 Å². The number of thiophene rings is 1. The molecule has 0 bridgehead atoms. The number of benzene rings is 1.